The van der Waals surface area contributed by atoms with Crippen molar-refractivity contribution in [2.45, 2.75) is 71.6 Å². The van der Waals surface area contributed by atoms with Crippen LogP contribution in [0.1, 0.15) is 53.4 Å². The SMILES string of the molecule is CC(C)N1CC(OCC2CCC3(CC2)CN(C(C)C)C3)C1. The van der Waals surface area contributed by atoms with Crippen molar-refractivity contribution < 1.29 is 4.74 Å². The second-order valence-corrected chi connectivity index (χ2v) is 8.45. The van der Waals surface area contributed by atoms with E-state index in [4.69, 9.17) is 4.74 Å². The van der Waals surface area contributed by atoms with Crippen molar-refractivity contribution in [2.75, 3.05) is 32.8 Å². The van der Waals surface area contributed by atoms with Crippen LogP contribution in [0, 0.1) is 11.3 Å². The molecule has 1 saturated carbocycles. The van der Waals surface area contributed by atoms with E-state index in [0.29, 0.717) is 17.6 Å². The van der Waals surface area contributed by atoms with Gasteiger partial charge in [0, 0.05) is 44.9 Å². The summed E-state index contributed by atoms with van der Waals surface area (Å²) in [6.45, 7) is 15.2. The van der Waals surface area contributed by atoms with E-state index in [2.05, 4.69) is 37.5 Å². The molecular weight excluding hydrogens is 260 g/mol. The van der Waals surface area contributed by atoms with Crippen molar-refractivity contribution in [3.63, 3.8) is 0 Å². The third kappa shape index (κ3) is 3.46. The fourth-order valence-corrected chi connectivity index (χ4v) is 4.22. The molecule has 2 saturated heterocycles. The Morgan fingerprint density at radius 1 is 0.952 bits per heavy atom. The van der Waals surface area contributed by atoms with Gasteiger partial charge in [-0.15, -0.1) is 0 Å². The summed E-state index contributed by atoms with van der Waals surface area (Å²) < 4.78 is 6.12. The molecule has 0 unspecified atom stereocenters. The Labute approximate surface area is 131 Å². The van der Waals surface area contributed by atoms with Crippen molar-refractivity contribution in [1.82, 2.24) is 9.80 Å². The van der Waals surface area contributed by atoms with Crippen LogP contribution < -0.4 is 0 Å². The first-order valence-corrected chi connectivity index (χ1v) is 9.07. The highest BCUT2D eigenvalue weighted by Crippen LogP contribution is 2.46. The summed E-state index contributed by atoms with van der Waals surface area (Å²) in [6.07, 6.45) is 6.18. The molecule has 1 spiro atoms. The maximum absolute atomic E-state index is 6.12. The van der Waals surface area contributed by atoms with Crippen LogP contribution in [0.4, 0.5) is 0 Å². The molecule has 0 aromatic carbocycles. The molecule has 2 heterocycles. The van der Waals surface area contributed by atoms with E-state index in [1.165, 1.54) is 38.8 Å². The second-order valence-electron chi connectivity index (χ2n) is 8.45. The summed E-state index contributed by atoms with van der Waals surface area (Å²) in [6, 6.07) is 1.42. The molecule has 3 nitrogen and oxygen atoms in total. The largest absolute Gasteiger partial charge is 0.375 e. The second kappa shape index (κ2) is 6.17. The molecule has 0 atom stereocenters. The van der Waals surface area contributed by atoms with Gasteiger partial charge in [0.05, 0.1) is 6.10 Å². The summed E-state index contributed by atoms with van der Waals surface area (Å²) in [4.78, 5) is 5.13. The molecule has 0 radical (unpaired) electrons. The highest BCUT2D eigenvalue weighted by atomic mass is 16.5. The zero-order valence-corrected chi connectivity index (χ0v) is 14.5. The number of nitrogens with zero attached hydrogens (tertiary/aromatic N) is 2. The molecular formula is C18H34N2O. The third-order valence-corrected chi connectivity index (χ3v) is 6.15. The molecule has 1 aliphatic carbocycles. The molecule has 3 aliphatic rings. The number of hydrogen-bond donors (Lipinski definition) is 0. The maximum atomic E-state index is 6.12. The van der Waals surface area contributed by atoms with Gasteiger partial charge < -0.3 is 4.74 Å². The average molecular weight is 294 g/mol. The van der Waals surface area contributed by atoms with E-state index in [0.717, 1.165) is 31.7 Å². The molecule has 0 amide bonds. The molecule has 3 heteroatoms. The van der Waals surface area contributed by atoms with Gasteiger partial charge in [-0.05, 0) is 64.7 Å². The quantitative estimate of drug-likeness (QED) is 0.775. The lowest BCUT2D eigenvalue weighted by atomic mass is 9.65. The normalized spacial score (nSPS) is 28.3. The van der Waals surface area contributed by atoms with Crippen LogP contribution in [0.2, 0.25) is 0 Å². The van der Waals surface area contributed by atoms with Crippen LogP contribution >= 0.6 is 0 Å². The van der Waals surface area contributed by atoms with E-state index >= 15 is 0 Å². The van der Waals surface area contributed by atoms with Gasteiger partial charge in [-0.3, -0.25) is 9.80 Å². The van der Waals surface area contributed by atoms with Gasteiger partial charge >= 0.3 is 0 Å². The average Bonchev–Trinajstić information content (AvgIpc) is 2.34. The molecule has 0 aromatic heterocycles. The lowest BCUT2D eigenvalue weighted by Gasteiger charge is -2.55. The fourth-order valence-electron chi connectivity index (χ4n) is 4.22. The minimum atomic E-state index is 0.517. The Bertz CT molecular complexity index is 330. The summed E-state index contributed by atoms with van der Waals surface area (Å²) in [5.74, 6) is 0.830. The van der Waals surface area contributed by atoms with Crippen molar-refractivity contribution >= 4 is 0 Å². The Balaban J connectivity index is 1.31. The highest BCUT2D eigenvalue weighted by Gasteiger charge is 2.45. The topological polar surface area (TPSA) is 15.7 Å². The Kier molecular flexibility index (Phi) is 4.63. The first-order chi connectivity index (χ1) is 9.97. The van der Waals surface area contributed by atoms with Gasteiger partial charge in [0.2, 0.25) is 0 Å². The molecule has 3 fully saturated rings. The highest BCUT2D eigenvalue weighted by molar-refractivity contribution is 4.98. The van der Waals surface area contributed by atoms with Crippen molar-refractivity contribution in [1.29, 1.82) is 0 Å². The van der Waals surface area contributed by atoms with Gasteiger partial charge in [0.25, 0.3) is 0 Å². The predicted octanol–water partition coefficient (Wildman–Crippen LogP) is 3.00. The monoisotopic (exact) mass is 294 g/mol. The molecule has 3 rings (SSSR count). The molecule has 2 aliphatic heterocycles. The summed E-state index contributed by atoms with van der Waals surface area (Å²) in [5.41, 5.74) is 0.686. The van der Waals surface area contributed by atoms with E-state index in [9.17, 15) is 0 Å². The van der Waals surface area contributed by atoms with Crippen LogP contribution in [0.25, 0.3) is 0 Å². The van der Waals surface area contributed by atoms with Gasteiger partial charge in [-0.25, -0.2) is 0 Å². The van der Waals surface area contributed by atoms with Crippen molar-refractivity contribution in [2.24, 2.45) is 11.3 Å². The first kappa shape index (κ1) is 15.8. The van der Waals surface area contributed by atoms with E-state index in [-0.39, 0.29) is 0 Å². The smallest absolute Gasteiger partial charge is 0.0828 e. The third-order valence-electron chi connectivity index (χ3n) is 6.15. The van der Waals surface area contributed by atoms with Crippen LogP contribution in [0.5, 0.6) is 0 Å². The van der Waals surface area contributed by atoms with Crippen LogP contribution in [0.15, 0.2) is 0 Å². The van der Waals surface area contributed by atoms with Crippen molar-refractivity contribution in [3.05, 3.63) is 0 Å². The van der Waals surface area contributed by atoms with E-state index in [1.54, 1.807) is 0 Å². The predicted molar refractivity (Wildman–Crippen MR) is 87.5 cm³/mol. The van der Waals surface area contributed by atoms with Gasteiger partial charge in [-0.1, -0.05) is 0 Å². The lowest BCUT2D eigenvalue weighted by molar-refractivity contribution is -0.0955. The number of ether oxygens (including phenoxy) is 1. The molecule has 0 N–H and O–H groups in total. The lowest BCUT2D eigenvalue weighted by Crippen LogP contribution is -2.59. The molecule has 0 aromatic rings. The molecule has 122 valence electrons. The van der Waals surface area contributed by atoms with Gasteiger partial charge in [-0.2, -0.15) is 0 Å². The Morgan fingerprint density at radius 3 is 2.05 bits per heavy atom. The van der Waals surface area contributed by atoms with Crippen LogP contribution in [-0.4, -0.2) is 60.8 Å². The zero-order valence-electron chi connectivity index (χ0n) is 14.5. The number of likely N-dealkylation sites (tertiary alicyclic amines) is 2. The van der Waals surface area contributed by atoms with Gasteiger partial charge in [0.15, 0.2) is 0 Å². The Morgan fingerprint density at radius 2 is 1.52 bits per heavy atom. The van der Waals surface area contributed by atoms with E-state index < -0.39 is 0 Å². The molecule has 21 heavy (non-hydrogen) atoms. The summed E-state index contributed by atoms with van der Waals surface area (Å²) in [7, 11) is 0. The zero-order chi connectivity index (χ0) is 15.0. The van der Waals surface area contributed by atoms with Gasteiger partial charge in [0.1, 0.15) is 0 Å². The minimum absolute atomic E-state index is 0.517. The standard InChI is InChI=1S/C18H34N2O/c1-14(2)19-9-17(10-19)21-11-16-5-7-18(8-6-16)12-20(13-18)15(3)4/h14-17H,5-13H2,1-4H3. The molecule has 0 bridgehead atoms. The maximum Gasteiger partial charge on any atom is 0.0828 e. The van der Waals surface area contributed by atoms with Crippen LogP contribution in [0.3, 0.4) is 0 Å². The van der Waals surface area contributed by atoms with E-state index in [1.807, 2.05) is 0 Å². The number of rotatable bonds is 5. The number of hydrogen-bond acceptors (Lipinski definition) is 3. The fraction of sp³-hybridized carbons (Fsp3) is 1.00. The first-order valence-electron chi connectivity index (χ1n) is 9.07. The summed E-state index contributed by atoms with van der Waals surface area (Å²) >= 11 is 0. The minimum Gasteiger partial charge on any atom is -0.375 e. The Hall–Kier alpha value is -0.120. The summed E-state index contributed by atoms with van der Waals surface area (Å²) in [5, 5.41) is 0. The van der Waals surface area contributed by atoms with Crippen molar-refractivity contribution in [3.8, 4) is 0 Å². The van der Waals surface area contributed by atoms with Crippen LogP contribution in [-0.2, 0) is 4.74 Å².